The number of anilines is 2. The number of carbonyl (C=O) groups is 1. The summed E-state index contributed by atoms with van der Waals surface area (Å²) in [5, 5.41) is 4.10. The van der Waals surface area contributed by atoms with Crippen LogP contribution in [-0.2, 0) is 11.0 Å². The van der Waals surface area contributed by atoms with Gasteiger partial charge < -0.3 is 16.0 Å². The molecule has 0 saturated heterocycles. The lowest BCUT2D eigenvalue weighted by atomic mass is 9.78. The molecule has 1 saturated carbocycles. The van der Waals surface area contributed by atoms with E-state index in [2.05, 4.69) is 27.4 Å². The molecule has 36 heavy (non-hydrogen) atoms. The van der Waals surface area contributed by atoms with E-state index in [1.165, 1.54) is 0 Å². The smallest absolute Gasteiger partial charge is 0.399 e. The number of nitrogens with zero attached hydrogens (tertiary/aromatic N) is 3. The molecular formula is C27H32F3N5O. The van der Waals surface area contributed by atoms with E-state index in [0.29, 0.717) is 23.1 Å². The van der Waals surface area contributed by atoms with Crippen LogP contribution in [0.25, 0.3) is 10.9 Å². The highest BCUT2D eigenvalue weighted by Gasteiger charge is 2.32. The van der Waals surface area contributed by atoms with Crippen LogP contribution in [0.3, 0.4) is 0 Å². The first kappa shape index (κ1) is 25.7. The fourth-order valence-corrected chi connectivity index (χ4v) is 5.04. The first-order chi connectivity index (χ1) is 16.9. The van der Waals surface area contributed by atoms with Gasteiger partial charge in [-0.25, -0.2) is 9.97 Å². The lowest BCUT2D eigenvalue weighted by Gasteiger charge is -2.29. The Morgan fingerprint density at radius 2 is 1.78 bits per heavy atom. The fourth-order valence-electron chi connectivity index (χ4n) is 5.04. The number of hydrogen-bond donors (Lipinski definition) is 2. The zero-order valence-electron chi connectivity index (χ0n) is 21.0. The number of benzene rings is 2. The van der Waals surface area contributed by atoms with Crippen molar-refractivity contribution < 1.29 is 18.0 Å². The van der Waals surface area contributed by atoms with Crippen molar-refractivity contribution in [2.24, 2.45) is 5.92 Å². The van der Waals surface area contributed by atoms with Gasteiger partial charge in [0.25, 0.3) is 0 Å². The van der Waals surface area contributed by atoms with Crippen molar-refractivity contribution in [3.8, 4) is 0 Å². The molecule has 1 aliphatic carbocycles. The van der Waals surface area contributed by atoms with E-state index in [1.807, 2.05) is 6.07 Å². The van der Waals surface area contributed by atoms with Gasteiger partial charge in [-0.2, -0.15) is 13.2 Å². The summed E-state index contributed by atoms with van der Waals surface area (Å²) in [5.41, 5.74) is 7.40. The van der Waals surface area contributed by atoms with Crippen molar-refractivity contribution in [1.82, 2.24) is 14.9 Å². The molecule has 3 aromatic rings. The topological polar surface area (TPSA) is 84.1 Å². The Morgan fingerprint density at radius 1 is 1.08 bits per heavy atom. The Bertz CT molecular complexity index is 1270. The van der Waals surface area contributed by atoms with Gasteiger partial charge in [-0.3, -0.25) is 4.79 Å². The van der Waals surface area contributed by atoms with Gasteiger partial charge >= 0.3 is 6.18 Å². The van der Waals surface area contributed by atoms with Crippen molar-refractivity contribution in [3.63, 3.8) is 0 Å². The summed E-state index contributed by atoms with van der Waals surface area (Å²) in [6.45, 7) is 3.57. The van der Waals surface area contributed by atoms with E-state index < -0.39 is 17.8 Å². The largest absolute Gasteiger partial charge is 0.416 e. The van der Waals surface area contributed by atoms with Crippen molar-refractivity contribution in [1.29, 1.82) is 0 Å². The fraction of sp³-hybridized carbons (Fsp3) is 0.444. The van der Waals surface area contributed by atoms with Crippen LogP contribution >= 0.6 is 0 Å². The summed E-state index contributed by atoms with van der Waals surface area (Å²) < 4.78 is 39.9. The molecule has 192 valence electrons. The second-order valence-electron chi connectivity index (χ2n) is 9.93. The zero-order chi connectivity index (χ0) is 26.2. The molecule has 1 aromatic heterocycles. The predicted molar refractivity (Wildman–Crippen MR) is 136 cm³/mol. The monoisotopic (exact) mass is 499 g/mol. The van der Waals surface area contributed by atoms with Gasteiger partial charge in [0, 0.05) is 31.1 Å². The number of alkyl halides is 3. The molecule has 1 heterocycles. The molecule has 0 unspecified atom stereocenters. The van der Waals surface area contributed by atoms with E-state index >= 15 is 0 Å². The minimum atomic E-state index is -4.48. The summed E-state index contributed by atoms with van der Waals surface area (Å²) >= 11 is 0. The van der Waals surface area contributed by atoms with Crippen LogP contribution in [0.2, 0.25) is 0 Å². The van der Waals surface area contributed by atoms with E-state index in [9.17, 15) is 18.0 Å². The Kier molecular flexibility index (Phi) is 7.11. The summed E-state index contributed by atoms with van der Waals surface area (Å²) in [4.78, 5) is 23.1. The molecular weight excluding hydrogens is 467 g/mol. The zero-order valence-corrected chi connectivity index (χ0v) is 21.0. The van der Waals surface area contributed by atoms with Gasteiger partial charge in [0.1, 0.15) is 11.6 Å². The normalized spacial score (nSPS) is 19.2. The lowest BCUT2D eigenvalue weighted by molar-refractivity contribution is -0.137. The number of nitrogens with two attached hydrogens (primary N) is 1. The van der Waals surface area contributed by atoms with Crippen molar-refractivity contribution >= 4 is 28.3 Å². The molecule has 0 bridgehead atoms. The van der Waals surface area contributed by atoms with Gasteiger partial charge in [-0.05, 0) is 86.9 Å². The third kappa shape index (κ3) is 5.55. The highest BCUT2D eigenvalue weighted by Crippen LogP contribution is 2.38. The highest BCUT2D eigenvalue weighted by atomic mass is 19.4. The number of nitrogen functional groups attached to an aromatic ring is 1. The second-order valence-corrected chi connectivity index (χ2v) is 9.93. The number of halogens is 3. The van der Waals surface area contributed by atoms with Gasteiger partial charge in [-0.15, -0.1) is 0 Å². The molecule has 6 nitrogen and oxygen atoms in total. The maximum Gasteiger partial charge on any atom is 0.416 e. The first-order valence-electron chi connectivity index (χ1n) is 12.2. The first-order valence-corrected chi connectivity index (χ1v) is 12.2. The third-order valence-electron chi connectivity index (χ3n) is 6.98. The Balaban J connectivity index is 1.60. The van der Waals surface area contributed by atoms with Crippen LogP contribution < -0.4 is 11.1 Å². The van der Waals surface area contributed by atoms with Gasteiger partial charge in [-0.1, -0.05) is 6.07 Å². The molecule has 0 spiro atoms. The number of carbonyl (C=O) groups excluding carboxylic acids is 1. The maximum atomic E-state index is 13.3. The van der Waals surface area contributed by atoms with Gasteiger partial charge in [0.2, 0.25) is 5.91 Å². The van der Waals surface area contributed by atoms with Crippen molar-refractivity contribution in [2.45, 2.75) is 57.7 Å². The van der Waals surface area contributed by atoms with Gasteiger partial charge in [0.15, 0.2) is 0 Å². The lowest BCUT2D eigenvalue weighted by Crippen LogP contribution is -2.31. The molecule has 3 N–H and O–H groups in total. The molecule has 1 aliphatic rings. The quantitative estimate of drug-likeness (QED) is 0.416. The summed E-state index contributed by atoms with van der Waals surface area (Å²) in [7, 11) is 3.59. The maximum absolute atomic E-state index is 13.3. The number of rotatable bonds is 5. The minimum Gasteiger partial charge on any atom is -0.399 e. The molecule has 9 heteroatoms. The Hall–Kier alpha value is -3.36. The van der Waals surface area contributed by atoms with Crippen LogP contribution in [0, 0.1) is 12.8 Å². The number of fused-ring (bicyclic) bond motifs is 1. The minimum absolute atomic E-state index is 0.0582. The summed E-state index contributed by atoms with van der Waals surface area (Å²) in [6, 6.07) is 9.24. The van der Waals surface area contributed by atoms with E-state index in [-0.39, 0.29) is 17.5 Å². The number of nitrogens with one attached hydrogen (secondary N) is 1. The van der Waals surface area contributed by atoms with Crippen LogP contribution in [-0.4, -0.2) is 34.9 Å². The average molecular weight is 500 g/mol. The third-order valence-corrected chi connectivity index (χ3v) is 6.98. The summed E-state index contributed by atoms with van der Waals surface area (Å²) in [6.07, 6.45) is -0.935. The molecule has 1 atom stereocenters. The summed E-state index contributed by atoms with van der Waals surface area (Å²) in [5.74, 6) is 1.72. The standard InChI is InChI=1S/C27H32F3N5O/c1-15(20-11-21(27(28,29)30)14-22(31)12-20)32-25-23-13-19(9-10-24(23)33-16(2)34-25)17-5-7-18(8-6-17)26(36)35(3)4/h9-15,17-18H,5-8,31H2,1-4H3,(H,32,33,34)/t15-,17-,18+/m1/s1. The number of aryl methyl sites for hydroxylation is 1. The number of aromatic nitrogens is 2. The van der Waals surface area contributed by atoms with Crippen LogP contribution in [0.5, 0.6) is 0 Å². The molecule has 0 aliphatic heterocycles. The van der Waals surface area contributed by atoms with E-state index in [1.54, 1.807) is 38.9 Å². The van der Waals surface area contributed by atoms with Crippen molar-refractivity contribution in [3.05, 3.63) is 58.9 Å². The molecule has 1 fully saturated rings. The SMILES string of the molecule is Cc1nc(N[C@H](C)c2cc(N)cc(C(F)(F)F)c2)c2cc([C@H]3CC[C@@H](C(=O)N(C)C)CC3)ccc2n1. The Morgan fingerprint density at radius 3 is 2.42 bits per heavy atom. The second kappa shape index (κ2) is 9.95. The van der Waals surface area contributed by atoms with Crippen LogP contribution in [0.1, 0.15) is 67.1 Å². The highest BCUT2D eigenvalue weighted by molar-refractivity contribution is 5.90. The van der Waals surface area contributed by atoms with Crippen LogP contribution in [0.4, 0.5) is 24.7 Å². The molecule has 2 aromatic carbocycles. The van der Waals surface area contributed by atoms with Gasteiger partial charge in [0.05, 0.1) is 17.1 Å². The van der Waals surface area contributed by atoms with Crippen molar-refractivity contribution in [2.75, 3.05) is 25.1 Å². The van der Waals surface area contributed by atoms with E-state index in [0.717, 1.165) is 54.3 Å². The van der Waals surface area contributed by atoms with Crippen LogP contribution in [0.15, 0.2) is 36.4 Å². The van der Waals surface area contributed by atoms with E-state index in [4.69, 9.17) is 5.73 Å². The molecule has 4 rings (SSSR count). The predicted octanol–water partition coefficient (Wildman–Crippen LogP) is 6.07. The number of amides is 1. The number of hydrogen-bond acceptors (Lipinski definition) is 5. The Labute approximate surface area is 209 Å². The average Bonchev–Trinajstić information content (AvgIpc) is 2.82. The molecule has 1 amide bonds. The molecule has 0 radical (unpaired) electrons.